The van der Waals surface area contributed by atoms with Crippen LogP contribution in [-0.2, 0) is 0 Å². The van der Waals surface area contributed by atoms with E-state index in [0.717, 1.165) is 18.4 Å². The summed E-state index contributed by atoms with van der Waals surface area (Å²) in [6, 6.07) is 0. The maximum Gasteiger partial charge on any atom is -0.00489 e. The van der Waals surface area contributed by atoms with Crippen LogP contribution < -0.4 is 5.73 Å². The number of nitrogens with two attached hydrogens (primary N) is 1. The zero-order chi connectivity index (χ0) is 15.8. The van der Waals surface area contributed by atoms with E-state index in [0.29, 0.717) is 0 Å². The molecule has 0 saturated heterocycles. The van der Waals surface area contributed by atoms with Crippen LogP contribution in [-0.4, -0.2) is 6.54 Å². The lowest BCUT2D eigenvalue weighted by Crippen LogP contribution is -2.15. The van der Waals surface area contributed by atoms with E-state index in [-0.39, 0.29) is 0 Å². The average Bonchev–Trinajstić information content (AvgIpc) is 2.51. The summed E-state index contributed by atoms with van der Waals surface area (Å²) in [6.07, 6.45) is 19.7. The molecule has 2 atom stereocenters. The Balaban J connectivity index is 3.31. The molecule has 0 aromatic carbocycles. The highest BCUT2D eigenvalue weighted by Crippen LogP contribution is 2.20. The van der Waals surface area contributed by atoms with Gasteiger partial charge in [-0.1, -0.05) is 97.8 Å². The summed E-state index contributed by atoms with van der Waals surface area (Å²) in [5, 5.41) is 0. The summed E-state index contributed by atoms with van der Waals surface area (Å²) in [4.78, 5) is 0. The largest absolute Gasteiger partial charge is 0.330 e. The highest BCUT2D eigenvalue weighted by atomic mass is 14.5. The van der Waals surface area contributed by atoms with Crippen LogP contribution in [0.25, 0.3) is 0 Å². The van der Waals surface area contributed by atoms with E-state index in [1.807, 2.05) is 0 Å². The molecule has 2 N–H and O–H groups in total. The van der Waals surface area contributed by atoms with E-state index < -0.39 is 0 Å². The maximum absolute atomic E-state index is 5.92. The number of rotatable bonds is 16. The summed E-state index contributed by atoms with van der Waals surface area (Å²) in [7, 11) is 0. The SMILES string of the molecule is CCCCCCCCCCCCC(CN)CCC(C)CC. The highest BCUT2D eigenvalue weighted by Gasteiger charge is 2.08. The average molecular weight is 298 g/mol. The van der Waals surface area contributed by atoms with E-state index in [1.165, 1.54) is 89.9 Å². The van der Waals surface area contributed by atoms with Gasteiger partial charge in [-0.05, 0) is 31.2 Å². The van der Waals surface area contributed by atoms with Gasteiger partial charge in [0.1, 0.15) is 0 Å². The van der Waals surface area contributed by atoms with Crippen LogP contribution in [0.1, 0.15) is 111 Å². The topological polar surface area (TPSA) is 26.0 Å². The number of hydrogen-bond acceptors (Lipinski definition) is 1. The fourth-order valence-electron chi connectivity index (χ4n) is 3.02. The molecular weight excluding hydrogens is 254 g/mol. The Kier molecular flexibility index (Phi) is 16.3. The molecule has 1 heteroatoms. The molecule has 0 fully saturated rings. The Labute approximate surface area is 135 Å². The van der Waals surface area contributed by atoms with Crippen molar-refractivity contribution in [2.24, 2.45) is 17.6 Å². The van der Waals surface area contributed by atoms with Crippen molar-refractivity contribution in [2.75, 3.05) is 6.54 Å². The summed E-state index contributed by atoms with van der Waals surface area (Å²) < 4.78 is 0. The Morgan fingerprint density at radius 1 is 0.667 bits per heavy atom. The second-order valence-corrected chi connectivity index (χ2v) is 7.16. The van der Waals surface area contributed by atoms with Gasteiger partial charge in [0.05, 0.1) is 0 Å². The molecule has 21 heavy (non-hydrogen) atoms. The van der Waals surface area contributed by atoms with Crippen molar-refractivity contribution in [3.63, 3.8) is 0 Å². The van der Waals surface area contributed by atoms with Gasteiger partial charge in [0.25, 0.3) is 0 Å². The summed E-state index contributed by atoms with van der Waals surface area (Å²) in [6.45, 7) is 7.85. The minimum absolute atomic E-state index is 0.785. The molecule has 0 aliphatic heterocycles. The fraction of sp³-hybridized carbons (Fsp3) is 1.00. The lowest BCUT2D eigenvalue weighted by Gasteiger charge is -2.16. The highest BCUT2D eigenvalue weighted by molar-refractivity contribution is 4.63. The van der Waals surface area contributed by atoms with Crippen molar-refractivity contribution in [3.8, 4) is 0 Å². The third-order valence-electron chi connectivity index (χ3n) is 5.06. The van der Waals surface area contributed by atoms with Gasteiger partial charge in [-0.3, -0.25) is 0 Å². The normalized spacial score (nSPS) is 14.3. The minimum atomic E-state index is 0.785. The van der Waals surface area contributed by atoms with Gasteiger partial charge >= 0.3 is 0 Å². The quantitative estimate of drug-likeness (QED) is 0.315. The van der Waals surface area contributed by atoms with Gasteiger partial charge in [-0.25, -0.2) is 0 Å². The van der Waals surface area contributed by atoms with Crippen LogP contribution in [0.15, 0.2) is 0 Å². The molecule has 0 aliphatic rings. The lowest BCUT2D eigenvalue weighted by atomic mass is 9.91. The second kappa shape index (κ2) is 16.3. The molecule has 0 bridgehead atoms. The van der Waals surface area contributed by atoms with Gasteiger partial charge in [-0.15, -0.1) is 0 Å². The minimum Gasteiger partial charge on any atom is -0.330 e. The third-order valence-corrected chi connectivity index (χ3v) is 5.06. The number of hydrogen-bond donors (Lipinski definition) is 1. The van der Waals surface area contributed by atoms with Crippen LogP contribution in [0, 0.1) is 11.8 Å². The molecule has 2 unspecified atom stereocenters. The molecule has 0 aromatic rings. The predicted molar refractivity (Wildman–Crippen MR) is 97.7 cm³/mol. The smallest absolute Gasteiger partial charge is 0.00489 e. The molecule has 1 nitrogen and oxygen atoms in total. The zero-order valence-corrected chi connectivity index (χ0v) is 15.3. The molecule has 0 spiro atoms. The maximum atomic E-state index is 5.92. The second-order valence-electron chi connectivity index (χ2n) is 7.16. The van der Waals surface area contributed by atoms with E-state index in [1.54, 1.807) is 0 Å². The first-order chi connectivity index (χ1) is 10.2. The van der Waals surface area contributed by atoms with Crippen LogP contribution in [0.2, 0.25) is 0 Å². The van der Waals surface area contributed by atoms with Crippen LogP contribution in [0.4, 0.5) is 0 Å². The molecule has 0 rings (SSSR count). The number of unbranched alkanes of at least 4 members (excludes halogenated alkanes) is 9. The molecule has 128 valence electrons. The first-order valence-electron chi connectivity index (χ1n) is 9.94. The van der Waals surface area contributed by atoms with Crippen molar-refractivity contribution in [2.45, 2.75) is 111 Å². The van der Waals surface area contributed by atoms with Crippen molar-refractivity contribution in [3.05, 3.63) is 0 Å². The molecule has 0 radical (unpaired) electrons. The van der Waals surface area contributed by atoms with E-state index in [9.17, 15) is 0 Å². The molecule has 0 amide bonds. The van der Waals surface area contributed by atoms with Crippen molar-refractivity contribution < 1.29 is 0 Å². The summed E-state index contributed by atoms with van der Waals surface area (Å²) in [5.41, 5.74) is 5.92. The Morgan fingerprint density at radius 3 is 1.67 bits per heavy atom. The van der Waals surface area contributed by atoms with E-state index >= 15 is 0 Å². The summed E-state index contributed by atoms with van der Waals surface area (Å²) in [5.74, 6) is 1.67. The monoisotopic (exact) mass is 297 g/mol. The van der Waals surface area contributed by atoms with Crippen molar-refractivity contribution in [1.29, 1.82) is 0 Å². The first-order valence-corrected chi connectivity index (χ1v) is 9.94. The standard InChI is InChI=1S/C20H43N/c1-4-6-7-8-9-10-11-12-13-14-15-20(18-21)17-16-19(3)5-2/h19-20H,4-18,21H2,1-3H3. The van der Waals surface area contributed by atoms with E-state index in [4.69, 9.17) is 5.73 Å². The molecular formula is C20H43N. The van der Waals surface area contributed by atoms with Crippen LogP contribution in [0.5, 0.6) is 0 Å². The first kappa shape index (κ1) is 21.0. The fourth-order valence-corrected chi connectivity index (χ4v) is 3.02. The van der Waals surface area contributed by atoms with Crippen LogP contribution >= 0.6 is 0 Å². The van der Waals surface area contributed by atoms with Gasteiger partial charge in [0, 0.05) is 0 Å². The molecule has 0 saturated carbocycles. The Hall–Kier alpha value is -0.0400. The molecule has 0 aromatic heterocycles. The van der Waals surface area contributed by atoms with Crippen molar-refractivity contribution in [1.82, 2.24) is 0 Å². The zero-order valence-electron chi connectivity index (χ0n) is 15.3. The molecule has 0 aliphatic carbocycles. The van der Waals surface area contributed by atoms with Crippen LogP contribution in [0.3, 0.4) is 0 Å². The third kappa shape index (κ3) is 14.7. The van der Waals surface area contributed by atoms with Crippen molar-refractivity contribution >= 4 is 0 Å². The van der Waals surface area contributed by atoms with Gasteiger partial charge in [0.2, 0.25) is 0 Å². The predicted octanol–water partition coefficient (Wildman–Crippen LogP) is 6.70. The molecule has 0 heterocycles. The summed E-state index contributed by atoms with van der Waals surface area (Å²) >= 11 is 0. The lowest BCUT2D eigenvalue weighted by molar-refractivity contribution is 0.377. The van der Waals surface area contributed by atoms with E-state index in [2.05, 4.69) is 20.8 Å². The Bertz CT molecular complexity index is 190. The Morgan fingerprint density at radius 2 is 1.19 bits per heavy atom. The van der Waals surface area contributed by atoms with Gasteiger partial charge in [-0.2, -0.15) is 0 Å². The van der Waals surface area contributed by atoms with Gasteiger partial charge in [0.15, 0.2) is 0 Å². The van der Waals surface area contributed by atoms with Gasteiger partial charge < -0.3 is 5.73 Å².